The second-order valence-electron chi connectivity index (χ2n) is 4.53. The number of rotatable bonds is 2. The molecule has 0 bridgehead atoms. The zero-order valence-corrected chi connectivity index (χ0v) is 11.6. The molecule has 1 unspecified atom stereocenters. The highest BCUT2D eigenvalue weighted by atomic mass is 32.2. The van der Waals surface area contributed by atoms with Gasteiger partial charge >= 0.3 is 0 Å². The van der Waals surface area contributed by atoms with E-state index in [1.807, 2.05) is 13.0 Å². The third kappa shape index (κ3) is 3.13. The lowest BCUT2D eigenvalue weighted by Crippen LogP contribution is -2.35. The van der Waals surface area contributed by atoms with Crippen LogP contribution in [0, 0.1) is 11.3 Å². The highest BCUT2D eigenvalue weighted by Gasteiger charge is 2.27. The summed E-state index contributed by atoms with van der Waals surface area (Å²) < 4.78 is 31.8. The fourth-order valence-corrected chi connectivity index (χ4v) is 3.58. The van der Waals surface area contributed by atoms with Gasteiger partial charge in [0.2, 0.25) is 10.0 Å². The molecule has 0 N–H and O–H groups in total. The van der Waals surface area contributed by atoms with Crippen LogP contribution in [0.3, 0.4) is 0 Å². The Morgan fingerprint density at radius 2 is 2.05 bits per heavy atom. The molecule has 5 nitrogen and oxygen atoms in total. The first-order valence-electron chi connectivity index (χ1n) is 6.16. The van der Waals surface area contributed by atoms with Crippen LogP contribution in [0.2, 0.25) is 0 Å². The Balaban J connectivity index is 2.27. The first-order valence-corrected chi connectivity index (χ1v) is 7.60. The van der Waals surface area contributed by atoms with Gasteiger partial charge in [0, 0.05) is 19.7 Å². The van der Waals surface area contributed by atoms with Gasteiger partial charge in [-0.3, -0.25) is 0 Å². The number of ether oxygens (including phenoxy) is 1. The van der Waals surface area contributed by atoms with E-state index in [0.717, 1.165) is 0 Å². The molecule has 1 aliphatic rings. The molecule has 19 heavy (non-hydrogen) atoms. The highest BCUT2D eigenvalue weighted by Crippen LogP contribution is 2.19. The van der Waals surface area contributed by atoms with E-state index in [2.05, 4.69) is 0 Å². The maximum Gasteiger partial charge on any atom is 0.243 e. The largest absolute Gasteiger partial charge is 0.377 e. The summed E-state index contributed by atoms with van der Waals surface area (Å²) in [5, 5.41) is 8.73. The van der Waals surface area contributed by atoms with E-state index in [-0.39, 0.29) is 11.0 Å². The van der Waals surface area contributed by atoms with Crippen molar-refractivity contribution in [1.82, 2.24) is 4.31 Å². The second-order valence-corrected chi connectivity index (χ2v) is 6.47. The van der Waals surface area contributed by atoms with E-state index in [0.29, 0.717) is 31.7 Å². The van der Waals surface area contributed by atoms with Crippen molar-refractivity contribution in [3.8, 4) is 6.07 Å². The number of benzene rings is 1. The lowest BCUT2D eigenvalue weighted by molar-refractivity contribution is 0.0752. The van der Waals surface area contributed by atoms with Crippen molar-refractivity contribution in [2.24, 2.45) is 0 Å². The summed E-state index contributed by atoms with van der Waals surface area (Å²) in [7, 11) is -3.50. The maximum absolute atomic E-state index is 12.5. The zero-order chi connectivity index (χ0) is 13.9. The van der Waals surface area contributed by atoms with Crippen molar-refractivity contribution >= 4 is 10.0 Å². The van der Waals surface area contributed by atoms with Gasteiger partial charge in [-0.15, -0.1) is 0 Å². The van der Waals surface area contributed by atoms with Gasteiger partial charge in [0.25, 0.3) is 0 Å². The Morgan fingerprint density at radius 1 is 1.37 bits per heavy atom. The van der Waals surface area contributed by atoms with Crippen LogP contribution in [-0.2, 0) is 14.8 Å². The first kappa shape index (κ1) is 14.0. The van der Waals surface area contributed by atoms with E-state index < -0.39 is 10.0 Å². The quantitative estimate of drug-likeness (QED) is 0.820. The van der Waals surface area contributed by atoms with Crippen molar-refractivity contribution in [3.63, 3.8) is 0 Å². The van der Waals surface area contributed by atoms with Gasteiger partial charge in [-0.05, 0) is 37.6 Å². The fourth-order valence-electron chi connectivity index (χ4n) is 2.02. The number of hydrogen-bond acceptors (Lipinski definition) is 4. The molecule has 102 valence electrons. The Bertz CT molecular complexity index is 575. The van der Waals surface area contributed by atoms with E-state index in [1.54, 1.807) is 0 Å². The van der Waals surface area contributed by atoms with Crippen LogP contribution in [0.5, 0.6) is 0 Å². The molecule has 1 aromatic rings. The molecule has 1 fully saturated rings. The van der Waals surface area contributed by atoms with Crippen molar-refractivity contribution < 1.29 is 13.2 Å². The molecule has 0 radical (unpaired) electrons. The lowest BCUT2D eigenvalue weighted by atomic mass is 10.2. The Morgan fingerprint density at radius 3 is 2.68 bits per heavy atom. The smallest absolute Gasteiger partial charge is 0.243 e. The van der Waals surface area contributed by atoms with Gasteiger partial charge in [0.15, 0.2) is 0 Å². The normalized spacial score (nSPS) is 21.6. The number of hydrogen-bond donors (Lipinski definition) is 0. The van der Waals surface area contributed by atoms with Gasteiger partial charge in [0.05, 0.1) is 22.6 Å². The minimum Gasteiger partial charge on any atom is -0.377 e. The Hall–Kier alpha value is -1.42. The molecule has 0 spiro atoms. The second kappa shape index (κ2) is 5.70. The van der Waals surface area contributed by atoms with Gasteiger partial charge in [-0.1, -0.05) is 0 Å². The number of nitrogens with zero attached hydrogens (tertiary/aromatic N) is 2. The predicted octanol–water partition coefficient (Wildman–Crippen LogP) is 1.36. The molecule has 0 aromatic heterocycles. The summed E-state index contributed by atoms with van der Waals surface area (Å²) in [4.78, 5) is 0.223. The van der Waals surface area contributed by atoms with Gasteiger partial charge in [-0.2, -0.15) is 9.57 Å². The molecule has 0 saturated carbocycles. The van der Waals surface area contributed by atoms with Crippen molar-refractivity contribution in [3.05, 3.63) is 29.8 Å². The standard InChI is InChI=1S/C13H16N2O3S/c1-11-10-15(7-2-8-18-11)19(16,17)13-5-3-12(9-14)4-6-13/h3-6,11H,2,7-8,10H2,1H3. The topological polar surface area (TPSA) is 70.4 Å². The molecule has 0 aliphatic carbocycles. The summed E-state index contributed by atoms with van der Waals surface area (Å²) >= 11 is 0. The Kier molecular flexibility index (Phi) is 4.20. The van der Waals surface area contributed by atoms with Crippen molar-refractivity contribution in [2.75, 3.05) is 19.7 Å². The molecule has 2 rings (SSSR count). The van der Waals surface area contributed by atoms with Crippen molar-refractivity contribution in [1.29, 1.82) is 5.26 Å². The van der Waals surface area contributed by atoms with Crippen LogP contribution < -0.4 is 0 Å². The molecular weight excluding hydrogens is 264 g/mol. The van der Waals surface area contributed by atoms with Gasteiger partial charge in [0.1, 0.15) is 0 Å². The third-order valence-electron chi connectivity index (χ3n) is 3.04. The highest BCUT2D eigenvalue weighted by molar-refractivity contribution is 7.89. The fraction of sp³-hybridized carbons (Fsp3) is 0.462. The first-order chi connectivity index (χ1) is 9.04. The summed E-state index contributed by atoms with van der Waals surface area (Å²) in [5.41, 5.74) is 0.450. The molecule has 1 aromatic carbocycles. The van der Waals surface area contributed by atoms with Crippen LogP contribution in [0.1, 0.15) is 18.9 Å². The lowest BCUT2D eigenvalue weighted by Gasteiger charge is -2.21. The summed E-state index contributed by atoms with van der Waals surface area (Å²) in [6, 6.07) is 7.96. The average molecular weight is 280 g/mol. The molecule has 1 atom stereocenters. The van der Waals surface area contributed by atoms with Crippen LogP contribution in [0.15, 0.2) is 29.2 Å². The molecule has 1 aliphatic heterocycles. The van der Waals surface area contributed by atoms with E-state index in [1.165, 1.54) is 28.6 Å². The number of nitriles is 1. The van der Waals surface area contributed by atoms with Crippen LogP contribution >= 0.6 is 0 Å². The third-order valence-corrected chi connectivity index (χ3v) is 4.92. The minimum absolute atomic E-state index is 0.101. The zero-order valence-electron chi connectivity index (χ0n) is 10.7. The van der Waals surface area contributed by atoms with E-state index in [9.17, 15) is 8.42 Å². The molecule has 1 saturated heterocycles. The molecule has 6 heteroatoms. The SMILES string of the molecule is CC1CN(S(=O)(=O)c2ccc(C#N)cc2)CCCO1. The maximum atomic E-state index is 12.5. The molecule has 0 amide bonds. The Labute approximate surface area is 113 Å². The van der Waals surface area contributed by atoms with Crippen LogP contribution in [0.4, 0.5) is 0 Å². The van der Waals surface area contributed by atoms with E-state index >= 15 is 0 Å². The molecule has 1 heterocycles. The van der Waals surface area contributed by atoms with E-state index in [4.69, 9.17) is 10.00 Å². The van der Waals surface area contributed by atoms with Crippen molar-refractivity contribution in [2.45, 2.75) is 24.3 Å². The van der Waals surface area contributed by atoms with Crippen LogP contribution in [-0.4, -0.2) is 38.5 Å². The predicted molar refractivity (Wildman–Crippen MR) is 69.9 cm³/mol. The number of sulfonamides is 1. The van der Waals surface area contributed by atoms with Gasteiger partial charge < -0.3 is 4.74 Å². The van der Waals surface area contributed by atoms with Gasteiger partial charge in [-0.25, -0.2) is 8.42 Å². The van der Waals surface area contributed by atoms with Crippen LogP contribution in [0.25, 0.3) is 0 Å². The summed E-state index contributed by atoms with van der Waals surface area (Å²) in [5.74, 6) is 0. The monoisotopic (exact) mass is 280 g/mol. The average Bonchev–Trinajstić information content (AvgIpc) is 2.64. The summed E-state index contributed by atoms with van der Waals surface area (Å²) in [6.45, 7) is 3.28. The summed E-state index contributed by atoms with van der Waals surface area (Å²) in [6.07, 6.45) is 0.593. The molecular formula is C13H16N2O3S. The minimum atomic E-state index is -3.50.